The summed E-state index contributed by atoms with van der Waals surface area (Å²) in [6.07, 6.45) is -0.719. The molecule has 0 bridgehead atoms. The van der Waals surface area contributed by atoms with Crippen LogP contribution in [0.25, 0.3) is 0 Å². The molecule has 2 rings (SSSR count). The van der Waals surface area contributed by atoms with Gasteiger partial charge in [-0.15, -0.1) is 0 Å². The van der Waals surface area contributed by atoms with Crippen molar-refractivity contribution in [3.8, 4) is 0 Å². The molecule has 0 radical (unpaired) electrons. The topological polar surface area (TPSA) is 32.3 Å². The minimum absolute atomic E-state index is 0.150. The van der Waals surface area contributed by atoms with Gasteiger partial charge >= 0.3 is 6.18 Å². The molecule has 0 amide bonds. The lowest BCUT2D eigenvalue weighted by Crippen LogP contribution is -2.42. The van der Waals surface area contributed by atoms with Gasteiger partial charge in [0, 0.05) is 6.04 Å². The third-order valence-corrected chi connectivity index (χ3v) is 4.10. The number of aliphatic hydroxyl groups excluding tert-OH is 1. The summed E-state index contributed by atoms with van der Waals surface area (Å²) in [5.41, 5.74) is 0. The van der Waals surface area contributed by atoms with E-state index in [2.05, 4.69) is 5.32 Å². The molecular formula is C12H20F3NO. The minimum Gasteiger partial charge on any atom is -0.393 e. The number of hydrogen-bond donors (Lipinski definition) is 2. The van der Waals surface area contributed by atoms with Crippen molar-refractivity contribution in [1.29, 1.82) is 0 Å². The Morgan fingerprint density at radius 1 is 1.06 bits per heavy atom. The zero-order valence-corrected chi connectivity index (χ0v) is 9.84. The van der Waals surface area contributed by atoms with Gasteiger partial charge in [-0.1, -0.05) is 0 Å². The summed E-state index contributed by atoms with van der Waals surface area (Å²) in [6.45, 7) is 0.846. The lowest BCUT2D eigenvalue weighted by Gasteiger charge is -2.35. The van der Waals surface area contributed by atoms with Crippen molar-refractivity contribution in [2.75, 3.05) is 6.54 Å². The van der Waals surface area contributed by atoms with Gasteiger partial charge in [-0.05, 0) is 51.0 Å². The lowest BCUT2D eigenvalue weighted by atomic mass is 9.81. The molecule has 2 fully saturated rings. The molecule has 0 saturated heterocycles. The second-order valence-electron chi connectivity index (χ2n) is 5.49. The maximum Gasteiger partial charge on any atom is 0.391 e. The summed E-state index contributed by atoms with van der Waals surface area (Å²) in [5.74, 6) is -0.573. The van der Waals surface area contributed by atoms with Crippen LogP contribution >= 0.6 is 0 Å². The molecule has 0 spiro atoms. The third kappa shape index (κ3) is 3.58. The molecular weight excluding hydrogens is 231 g/mol. The van der Waals surface area contributed by atoms with Crippen molar-refractivity contribution in [3.63, 3.8) is 0 Å². The summed E-state index contributed by atoms with van der Waals surface area (Å²) in [5, 5.41) is 12.5. The molecule has 2 aliphatic rings. The summed E-state index contributed by atoms with van der Waals surface area (Å²) >= 11 is 0. The molecule has 0 aromatic heterocycles. The first-order valence-corrected chi connectivity index (χ1v) is 6.43. The predicted octanol–water partition coefficient (Wildman–Crippen LogP) is 2.47. The highest BCUT2D eigenvalue weighted by Gasteiger charge is 2.41. The van der Waals surface area contributed by atoms with Crippen LogP contribution in [0.5, 0.6) is 0 Å². The normalized spacial score (nSPS) is 38.8. The zero-order valence-electron chi connectivity index (χ0n) is 9.84. The van der Waals surface area contributed by atoms with E-state index in [0.717, 1.165) is 19.4 Å². The van der Waals surface area contributed by atoms with Crippen LogP contribution < -0.4 is 5.32 Å². The SMILES string of the molecule is OC1CC(CNC2CCC(C(F)(F)F)CC2)C1. The molecule has 2 N–H and O–H groups in total. The van der Waals surface area contributed by atoms with Gasteiger partial charge in [0.2, 0.25) is 0 Å². The standard InChI is InChI=1S/C12H20F3NO/c13-12(14,15)9-1-3-10(4-2-9)16-7-8-5-11(17)6-8/h8-11,16-17H,1-7H2. The smallest absolute Gasteiger partial charge is 0.391 e. The first kappa shape index (κ1) is 13.1. The van der Waals surface area contributed by atoms with Gasteiger partial charge in [-0.3, -0.25) is 0 Å². The van der Waals surface area contributed by atoms with E-state index in [9.17, 15) is 13.2 Å². The summed E-state index contributed by atoms with van der Waals surface area (Å²) in [6, 6.07) is 0.242. The zero-order chi connectivity index (χ0) is 12.5. The Labute approximate surface area is 99.6 Å². The van der Waals surface area contributed by atoms with Gasteiger partial charge in [-0.2, -0.15) is 13.2 Å². The first-order chi connectivity index (χ1) is 7.95. The average molecular weight is 251 g/mol. The maximum absolute atomic E-state index is 12.4. The van der Waals surface area contributed by atoms with E-state index in [4.69, 9.17) is 5.11 Å². The Morgan fingerprint density at radius 3 is 2.12 bits per heavy atom. The van der Waals surface area contributed by atoms with Crippen LogP contribution in [0.1, 0.15) is 38.5 Å². The highest BCUT2D eigenvalue weighted by molar-refractivity contribution is 4.84. The molecule has 2 nitrogen and oxygen atoms in total. The molecule has 0 unspecified atom stereocenters. The van der Waals surface area contributed by atoms with Crippen molar-refractivity contribution in [2.24, 2.45) is 11.8 Å². The molecule has 0 heterocycles. The molecule has 0 aliphatic heterocycles. The van der Waals surface area contributed by atoms with Gasteiger partial charge < -0.3 is 10.4 Å². The number of halogens is 3. The van der Waals surface area contributed by atoms with Crippen molar-refractivity contribution in [2.45, 2.75) is 56.8 Å². The van der Waals surface area contributed by atoms with Crippen LogP contribution in [0, 0.1) is 11.8 Å². The van der Waals surface area contributed by atoms with Gasteiger partial charge in [0.25, 0.3) is 0 Å². The van der Waals surface area contributed by atoms with E-state index >= 15 is 0 Å². The minimum atomic E-state index is -4.01. The highest BCUT2D eigenvalue weighted by Crippen LogP contribution is 2.37. The molecule has 0 aromatic rings. The summed E-state index contributed by atoms with van der Waals surface area (Å²) in [4.78, 5) is 0. The van der Waals surface area contributed by atoms with Gasteiger partial charge in [0.1, 0.15) is 0 Å². The Bertz CT molecular complexity index is 243. The van der Waals surface area contributed by atoms with Gasteiger partial charge in [0.05, 0.1) is 12.0 Å². The fourth-order valence-corrected chi connectivity index (χ4v) is 2.83. The van der Waals surface area contributed by atoms with Crippen LogP contribution in [-0.4, -0.2) is 30.0 Å². The molecule has 0 aromatic carbocycles. The number of aliphatic hydroxyl groups is 1. The van der Waals surface area contributed by atoms with Crippen LogP contribution in [0.4, 0.5) is 13.2 Å². The van der Waals surface area contributed by atoms with Gasteiger partial charge in [0.15, 0.2) is 0 Å². The largest absolute Gasteiger partial charge is 0.393 e. The van der Waals surface area contributed by atoms with E-state index in [1.165, 1.54) is 0 Å². The molecule has 17 heavy (non-hydrogen) atoms. The predicted molar refractivity (Wildman–Crippen MR) is 58.5 cm³/mol. The molecule has 2 saturated carbocycles. The number of nitrogens with one attached hydrogen (secondary N) is 1. The van der Waals surface area contributed by atoms with Crippen LogP contribution in [0.15, 0.2) is 0 Å². The van der Waals surface area contributed by atoms with Crippen LogP contribution in [0.2, 0.25) is 0 Å². The van der Waals surface area contributed by atoms with Crippen LogP contribution in [-0.2, 0) is 0 Å². The van der Waals surface area contributed by atoms with Crippen molar-refractivity contribution in [1.82, 2.24) is 5.32 Å². The van der Waals surface area contributed by atoms with Crippen molar-refractivity contribution in [3.05, 3.63) is 0 Å². The average Bonchev–Trinajstić information content (AvgIpc) is 2.22. The Balaban J connectivity index is 1.62. The first-order valence-electron chi connectivity index (χ1n) is 6.43. The summed E-state index contributed by atoms with van der Waals surface area (Å²) < 4.78 is 37.3. The van der Waals surface area contributed by atoms with Crippen molar-refractivity contribution >= 4 is 0 Å². The maximum atomic E-state index is 12.4. The van der Waals surface area contributed by atoms with E-state index in [1.807, 2.05) is 0 Å². The number of rotatable bonds is 3. The van der Waals surface area contributed by atoms with Gasteiger partial charge in [-0.25, -0.2) is 0 Å². The second-order valence-corrected chi connectivity index (χ2v) is 5.49. The van der Waals surface area contributed by atoms with Crippen molar-refractivity contribution < 1.29 is 18.3 Å². The third-order valence-electron chi connectivity index (χ3n) is 4.10. The highest BCUT2D eigenvalue weighted by atomic mass is 19.4. The Kier molecular flexibility index (Phi) is 3.98. The Hall–Kier alpha value is -0.290. The van der Waals surface area contributed by atoms with Crippen LogP contribution in [0.3, 0.4) is 0 Å². The second kappa shape index (κ2) is 5.14. The molecule has 100 valence electrons. The Morgan fingerprint density at radius 2 is 1.65 bits per heavy atom. The fourth-order valence-electron chi connectivity index (χ4n) is 2.83. The monoisotopic (exact) mass is 251 g/mol. The quantitative estimate of drug-likeness (QED) is 0.807. The fraction of sp³-hybridized carbons (Fsp3) is 1.00. The number of alkyl halides is 3. The molecule has 0 atom stereocenters. The van der Waals surface area contributed by atoms with E-state index in [1.54, 1.807) is 0 Å². The number of hydrogen-bond acceptors (Lipinski definition) is 2. The lowest BCUT2D eigenvalue weighted by molar-refractivity contribution is -0.182. The summed E-state index contributed by atoms with van der Waals surface area (Å²) in [7, 11) is 0. The molecule has 5 heteroatoms. The van der Waals surface area contributed by atoms with E-state index < -0.39 is 12.1 Å². The molecule has 2 aliphatic carbocycles. The van der Waals surface area contributed by atoms with E-state index in [0.29, 0.717) is 18.8 Å². The van der Waals surface area contributed by atoms with E-state index in [-0.39, 0.29) is 25.0 Å².